The lowest BCUT2D eigenvalue weighted by molar-refractivity contribution is 0.104. The van der Waals surface area contributed by atoms with Crippen LogP contribution in [-0.2, 0) is 0 Å². The molecule has 144 valence electrons. The van der Waals surface area contributed by atoms with Crippen LogP contribution in [0.25, 0.3) is 6.08 Å². The first-order valence-corrected chi connectivity index (χ1v) is 9.94. The number of phenols is 1. The molecule has 3 nitrogen and oxygen atoms in total. The number of ether oxygens (including phenoxy) is 1. The minimum atomic E-state index is -0.215. The molecular weight excluding hydrogens is 336 g/mol. The molecule has 0 aromatic heterocycles. The fourth-order valence-electron chi connectivity index (χ4n) is 2.87. The number of carbonyl (C=O) groups excluding carboxylic acids is 1. The number of unbranched alkanes of at least 4 members (excludes halogenated alkanes) is 6. The summed E-state index contributed by atoms with van der Waals surface area (Å²) in [6.07, 6.45) is 12.1. The molecule has 2 rings (SSSR count). The van der Waals surface area contributed by atoms with Gasteiger partial charge in [0.05, 0.1) is 12.2 Å². The van der Waals surface area contributed by atoms with Crippen molar-refractivity contribution in [2.45, 2.75) is 51.9 Å². The molecule has 2 aromatic carbocycles. The highest BCUT2D eigenvalue weighted by molar-refractivity contribution is 6.08. The van der Waals surface area contributed by atoms with Crippen molar-refractivity contribution in [2.24, 2.45) is 0 Å². The first-order valence-electron chi connectivity index (χ1n) is 9.94. The molecule has 0 aliphatic rings. The van der Waals surface area contributed by atoms with Crippen LogP contribution in [0.4, 0.5) is 0 Å². The highest BCUT2D eigenvalue weighted by Crippen LogP contribution is 2.18. The molecule has 0 heterocycles. The number of hydrogen-bond donors (Lipinski definition) is 1. The van der Waals surface area contributed by atoms with E-state index in [1.54, 1.807) is 24.3 Å². The third kappa shape index (κ3) is 7.69. The molecule has 0 radical (unpaired) electrons. The van der Waals surface area contributed by atoms with Crippen molar-refractivity contribution in [1.82, 2.24) is 0 Å². The Balaban J connectivity index is 1.72. The lowest BCUT2D eigenvalue weighted by atomic mass is 10.1. The highest BCUT2D eigenvalue weighted by Gasteiger charge is 2.06. The smallest absolute Gasteiger partial charge is 0.189 e. The first kappa shape index (κ1) is 20.8. The van der Waals surface area contributed by atoms with Crippen molar-refractivity contribution < 1.29 is 14.6 Å². The molecule has 2 aromatic rings. The monoisotopic (exact) mass is 366 g/mol. The lowest BCUT2D eigenvalue weighted by Crippen LogP contribution is -1.97. The standard InChI is InChI=1S/C24H30O3/c1-2-3-4-5-6-7-10-19-27-21-16-13-20(14-17-21)15-18-24(26)22-11-8-9-12-23(22)25/h8-9,11-18,25H,2-7,10,19H2,1H3/b18-15+. The second kappa shape index (κ2) is 11.9. The van der Waals surface area contributed by atoms with Crippen LogP contribution in [0.2, 0.25) is 0 Å². The van der Waals surface area contributed by atoms with Crippen LogP contribution in [0.3, 0.4) is 0 Å². The van der Waals surface area contributed by atoms with Gasteiger partial charge in [0.15, 0.2) is 5.78 Å². The number of ketones is 1. The molecule has 3 heteroatoms. The third-order valence-electron chi connectivity index (χ3n) is 4.49. The number of aromatic hydroxyl groups is 1. The van der Waals surface area contributed by atoms with Gasteiger partial charge in [0.2, 0.25) is 0 Å². The van der Waals surface area contributed by atoms with E-state index in [4.69, 9.17) is 4.74 Å². The molecule has 0 amide bonds. The van der Waals surface area contributed by atoms with Crippen molar-refractivity contribution in [3.63, 3.8) is 0 Å². The molecule has 27 heavy (non-hydrogen) atoms. The van der Waals surface area contributed by atoms with Gasteiger partial charge >= 0.3 is 0 Å². The topological polar surface area (TPSA) is 46.5 Å². The maximum Gasteiger partial charge on any atom is 0.189 e. The van der Waals surface area contributed by atoms with E-state index in [-0.39, 0.29) is 11.5 Å². The fourth-order valence-corrected chi connectivity index (χ4v) is 2.87. The largest absolute Gasteiger partial charge is 0.507 e. The Morgan fingerprint density at radius 3 is 2.30 bits per heavy atom. The van der Waals surface area contributed by atoms with E-state index in [1.807, 2.05) is 24.3 Å². The Labute approximate surface area is 162 Å². The Morgan fingerprint density at radius 1 is 0.926 bits per heavy atom. The molecule has 0 fully saturated rings. The summed E-state index contributed by atoms with van der Waals surface area (Å²) < 4.78 is 5.78. The zero-order valence-corrected chi connectivity index (χ0v) is 16.2. The van der Waals surface area contributed by atoms with Crippen LogP contribution in [0, 0.1) is 0 Å². The fraction of sp³-hybridized carbons (Fsp3) is 0.375. The summed E-state index contributed by atoms with van der Waals surface area (Å²) in [5.74, 6) is 0.638. The minimum Gasteiger partial charge on any atom is -0.507 e. The van der Waals surface area contributed by atoms with E-state index >= 15 is 0 Å². The number of allylic oxidation sites excluding steroid dienone is 1. The second-order valence-electron chi connectivity index (χ2n) is 6.75. The SMILES string of the molecule is CCCCCCCCCOc1ccc(/C=C/C(=O)c2ccccc2O)cc1. The Hall–Kier alpha value is -2.55. The van der Waals surface area contributed by atoms with E-state index in [0.717, 1.165) is 24.3 Å². The summed E-state index contributed by atoms with van der Waals surface area (Å²) in [7, 11) is 0. The van der Waals surface area contributed by atoms with Gasteiger partial charge < -0.3 is 9.84 Å². The maximum absolute atomic E-state index is 12.1. The first-order chi connectivity index (χ1) is 13.2. The van der Waals surface area contributed by atoms with Crippen LogP contribution in [0.15, 0.2) is 54.6 Å². The predicted molar refractivity (Wildman–Crippen MR) is 111 cm³/mol. The van der Waals surface area contributed by atoms with Gasteiger partial charge in [-0.1, -0.05) is 75.8 Å². The van der Waals surface area contributed by atoms with Gasteiger partial charge in [-0.25, -0.2) is 0 Å². The number of para-hydroxylation sites is 1. The molecule has 0 atom stereocenters. The summed E-state index contributed by atoms with van der Waals surface area (Å²) in [6, 6.07) is 14.3. The van der Waals surface area contributed by atoms with Crippen molar-refractivity contribution in [2.75, 3.05) is 6.61 Å². The summed E-state index contributed by atoms with van der Waals surface area (Å²) in [6.45, 7) is 2.98. The third-order valence-corrected chi connectivity index (χ3v) is 4.49. The molecule has 0 bridgehead atoms. The minimum absolute atomic E-state index is 0.00117. The quantitative estimate of drug-likeness (QED) is 0.268. The summed E-state index contributed by atoms with van der Waals surface area (Å²) in [5.41, 5.74) is 1.23. The molecule has 0 aliphatic heterocycles. The zero-order chi connectivity index (χ0) is 19.3. The lowest BCUT2D eigenvalue weighted by Gasteiger charge is -2.06. The van der Waals surface area contributed by atoms with E-state index in [0.29, 0.717) is 5.56 Å². The molecule has 0 unspecified atom stereocenters. The number of phenolic OH excluding ortho intramolecular Hbond substituents is 1. The van der Waals surface area contributed by atoms with Gasteiger partial charge in [-0.05, 0) is 42.3 Å². The van der Waals surface area contributed by atoms with E-state index < -0.39 is 0 Å². The van der Waals surface area contributed by atoms with Gasteiger partial charge in [-0.3, -0.25) is 4.79 Å². The number of rotatable bonds is 12. The normalized spacial score (nSPS) is 11.0. The van der Waals surface area contributed by atoms with Gasteiger partial charge in [0, 0.05) is 0 Å². The van der Waals surface area contributed by atoms with Crippen molar-refractivity contribution in [3.05, 3.63) is 65.7 Å². The summed E-state index contributed by atoms with van der Waals surface area (Å²) >= 11 is 0. The van der Waals surface area contributed by atoms with Gasteiger partial charge in [-0.2, -0.15) is 0 Å². The summed E-state index contributed by atoms with van der Waals surface area (Å²) in [4.78, 5) is 12.1. The average molecular weight is 367 g/mol. The molecule has 0 spiro atoms. The molecule has 0 saturated carbocycles. The number of carbonyl (C=O) groups is 1. The van der Waals surface area contributed by atoms with Gasteiger partial charge in [0.1, 0.15) is 11.5 Å². The maximum atomic E-state index is 12.1. The van der Waals surface area contributed by atoms with Crippen LogP contribution in [0.1, 0.15) is 67.8 Å². The van der Waals surface area contributed by atoms with E-state index in [1.165, 1.54) is 50.7 Å². The van der Waals surface area contributed by atoms with Crippen molar-refractivity contribution in [1.29, 1.82) is 0 Å². The molecule has 0 saturated heterocycles. The predicted octanol–water partition coefficient (Wildman–Crippen LogP) is 6.42. The number of hydrogen-bond acceptors (Lipinski definition) is 3. The summed E-state index contributed by atoms with van der Waals surface area (Å²) in [5, 5.41) is 9.72. The molecule has 0 aliphatic carbocycles. The number of benzene rings is 2. The van der Waals surface area contributed by atoms with Crippen LogP contribution < -0.4 is 4.74 Å². The van der Waals surface area contributed by atoms with Crippen molar-refractivity contribution >= 4 is 11.9 Å². The zero-order valence-electron chi connectivity index (χ0n) is 16.2. The van der Waals surface area contributed by atoms with Crippen LogP contribution >= 0.6 is 0 Å². The Morgan fingerprint density at radius 2 is 1.59 bits per heavy atom. The van der Waals surface area contributed by atoms with Gasteiger partial charge in [0.25, 0.3) is 0 Å². The van der Waals surface area contributed by atoms with Crippen LogP contribution in [0.5, 0.6) is 11.5 Å². The highest BCUT2D eigenvalue weighted by atomic mass is 16.5. The molecule has 1 N–H and O–H groups in total. The van der Waals surface area contributed by atoms with E-state index in [2.05, 4.69) is 6.92 Å². The second-order valence-corrected chi connectivity index (χ2v) is 6.75. The van der Waals surface area contributed by atoms with Gasteiger partial charge in [-0.15, -0.1) is 0 Å². The molecular formula is C24H30O3. The van der Waals surface area contributed by atoms with Crippen LogP contribution in [-0.4, -0.2) is 17.5 Å². The van der Waals surface area contributed by atoms with Crippen molar-refractivity contribution in [3.8, 4) is 11.5 Å². The Kier molecular flexibility index (Phi) is 9.19. The van der Waals surface area contributed by atoms with E-state index in [9.17, 15) is 9.90 Å². The Bertz CT molecular complexity index is 717. The average Bonchev–Trinajstić information content (AvgIpc) is 2.69.